The van der Waals surface area contributed by atoms with E-state index in [2.05, 4.69) is 15.5 Å². The number of rotatable bonds is 4. The lowest BCUT2D eigenvalue weighted by Crippen LogP contribution is -2.40. The number of halogens is 4. The molecule has 26 heavy (non-hydrogen) atoms. The molecule has 2 atom stereocenters. The number of amides is 1. The van der Waals surface area contributed by atoms with Gasteiger partial charge in [0, 0.05) is 11.6 Å². The number of aliphatic hydroxyl groups is 1. The number of nitrogens with two attached hydrogens (primary N) is 1. The van der Waals surface area contributed by atoms with Crippen LogP contribution in [-0.4, -0.2) is 54.8 Å². The van der Waals surface area contributed by atoms with Gasteiger partial charge in [0.15, 0.2) is 5.82 Å². The zero-order valence-electron chi connectivity index (χ0n) is 13.2. The highest BCUT2D eigenvalue weighted by Gasteiger charge is 2.37. The number of hydrogen-bond donors (Lipinski definition) is 2. The van der Waals surface area contributed by atoms with Crippen LogP contribution in [0.2, 0.25) is 5.02 Å². The minimum absolute atomic E-state index is 0.0579. The van der Waals surface area contributed by atoms with Crippen molar-refractivity contribution >= 4 is 17.5 Å². The van der Waals surface area contributed by atoms with Crippen molar-refractivity contribution < 1.29 is 23.1 Å². The summed E-state index contributed by atoms with van der Waals surface area (Å²) in [6.07, 6.45) is -5.28. The molecule has 2 heterocycles. The second-order valence-corrected chi connectivity index (χ2v) is 6.34. The molecule has 1 fully saturated rings. The molecule has 1 aliphatic rings. The predicted octanol–water partition coefficient (Wildman–Crippen LogP) is 0.755. The molecule has 1 aromatic carbocycles. The number of primary amides is 1. The Balaban J connectivity index is 1.97. The van der Waals surface area contributed by atoms with Gasteiger partial charge in [-0.05, 0) is 35.0 Å². The third kappa shape index (κ3) is 3.64. The Morgan fingerprint density at radius 2 is 2.15 bits per heavy atom. The Hall–Kier alpha value is -2.24. The fourth-order valence-electron chi connectivity index (χ4n) is 2.94. The summed E-state index contributed by atoms with van der Waals surface area (Å²) >= 11 is 5.68. The fraction of sp³-hybridized carbons (Fsp3) is 0.429. The van der Waals surface area contributed by atoms with E-state index < -0.39 is 29.8 Å². The quantitative estimate of drug-likeness (QED) is 0.797. The molecule has 2 aromatic rings. The van der Waals surface area contributed by atoms with Crippen molar-refractivity contribution in [3.8, 4) is 5.69 Å². The second kappa shape index (κ2) is 6.82. The Morgan fingerprint density at radius 1 is 1.42 bits per heavy atom. The van der Waals surface area contributed by atoms with E-state index in [1.54, 1.807) is 0 Å². The lowest BCUT2D eigenvalue weighted by molar-refractivity contribution is -0.137. The molecular formula is C14H14ClF3N6O2. The average molecular weight is 391 g/mol. The lowest BCUT2D eigenvalue weighted by Gasteiger charge is -2.21. The van der Waals surface area contributed by atoms with E-state index in [0.717, 1.165) is 16.8 Å². The van der Waals surface area contributed by atoms with Gasteiger partial charge >= 0.3 is 6.18 Å². The topological polar surface area (TPSA) is 110 Å². The summed E-state index contributed by atoms with van der Waals surface area (Å²) in [4.78, 5) is 13.0. The number of nitrogens with zero attached hydrogens (tertiary/aromatic N) is 5. The van der Waals surface area contributed by atoms with Crippen LogP contribution in [0.3, 0.4) is 0 Å². The van der Waals surface area contributed by atoms with Gasteiger partial charge in [0.1, 0.15) is 0 Å². The molecule has 1 amide bonds. The first-order valence-electron chi connectivity index (χ1n) is 7.52. The molecule has 1 aromatic heterocycles. The number of tetrazole rings is 1. The molecule has 140 valence electrons. The van der Waals surface area contributed by atoms with Crippen molar-refractivity contribution in [2.75, 3.05) is 6.54 Å². The molecule has 0 unspecified atom stereocenters. The van der Waals surface area contributed by atoms with Gasteiger partial charge in [-0.15, -0.1) is 5.10 Å². The van der Waals surface area contributed by atoms with E-state index in [9.17, 15) is 23.1 Å². The number of β-amino-alcohol motifs (C(OH)–C–C–N with tert-alkyl or cyclic N) is 1. The van der Waals surface area contributed by atoms with Gasteiger partial charge in [-0.1, -0.05) is 11.6 Å². The number of alkyl halides is 3. The standard InChI is InChI=1S/C14H14ClF3N6O2/c15-7-1-2-10(9(3-7)14(16,17)18)24-12(20-21-22-24)6-23-5-8(25)4-11(23)13(19)26/h1-3,8,11,25H,4-6H2,(H2,19,26)/t8-,11-/m0/s1. The first-order chi connectivity index (χ1) is 12.2. The summed E-state index contributed by atoms with van der Waals surface area (Å²) < 4.78 is 40.9. The molecule has 1 saturated heterocycles. The highest BCUT2D eigenvalue weighted by Crippen LogP contribution is 2.35. The molecule has 0 aliphatic carbocycles. The van der Waals surface area contributed by atoms with E-state index in [1.165, 1.54) is 11.0 Å². The van der Waals surface area contributed by atoms with Crippen LogP contribution in [0.4, 0.5) is 13.2 Å². The van der Waals surface area contributed by atoms with Crippen LogP contribution in [0.5, 0.6) is 0 Å². The fourth-order valence-corrected chi connectivity index (χ4v) is 3.12. The van der Waals surface area contributed by atoms with E-state index in [4.69, 9.17) is 17.3 Å². The maximum absolute atomic E-state index is 13.3. The third-order valence-corrected chi connectivity index (χ3v) is 4.32. The minimum Gasteiger partial charge on any atom is -0.392 e. The van der Waals surface area contributed by atoms with Gasteiger partial charge in [0.05, 0.1) is 29.9 Å². The molecule has 0 spiro atoms. The molecule has 1 aliphatic heterocycles. The summed E-state index contributed by atoms with van der Waals surface area (Å²) in [6.45, 7) is 0.0742. The van der Waals surface area contributed by atoms with Gasteiger partial charge in [-0.3, -0.25) is 9.69 Å². The maximum atomic E-state index is 13.3. The maximum Gasteiger partial charge on any atom is 0.418 e. The first kappa shape index (κ1) is 18.5. The van der Waals surface area contributed by atoms with E-state index in [-0.39, 0.29) is 36.0 Å². The summed E-state index contributed by atoms with van der Waals surface area (Å²) in [6, 6.07) is 2.50. The molecule has 0 radical (unpaired) electrons. The molecule has 0 bridgehead atoms. The molecule has 12 heteroatoms. The van der Waals surface area contributed by atoms with Crippen LogP contribution in [0.1, 0.15) is 17.8 Å². The summed E-state index contributed by atoms with van der Waals surface area (Å²) in [5.41, 5.74) is 4.02. The van der Waals surface area contributed by atoms with Gasteiger partial charge in [-0.25, -0.2) is 0 Å². The highest BCUT2D eigenvalue weighted by atomic mass is 35.5. The summed E-state index contributed by atoms with van der Waals surface area (Å²) in [7, 11) is 0. The number of benzene rings is 1. The normalized spacial score (nSPS) is 21.3. The lowest BCUT2D eigenvalue weighted by atomic mass is 10.1. The zero-order valence-corrected chi connectivity index (χ0v) is 13.9. The monoisotopic (exact) mass is 390 g/mol. The van der Waals surface area contributed by atoms with Crippen LogP contribution in [0.15, 0.2) is 18.2 Å². The van der Waals surface area contributed by atoms with E-state index >= 15 is 0 Å². The highest BCUT2D eigenvalue weighted by molar-refractivity contribution is 6.30. The Bertz CT molecular complexity index is 827. The molecule has 3 N–H and O–H groups in total. The largest absolute Gasteiger partial charge is 0.418 e. The van der Waals surface area contributed by atoms with Gasteiger partial charge in [-0.2, -0.15) is 17.9 Å². The number of aliphatic hydroxyl groups excluding tert-OH is 1. The average Bonchev–Trinajstić information content (AvgIpc) is 3.13. The van der Waals surface area contributed by atoms with E-state index in [0.29, 0.717) is 0 Å². The van der Waals surface area contributed by atoms with Crippen molar-refractivity contribution in [3.63, 3.8) is 0 Å². The van der Waals surface area contributed by atoms with Crippen molar-refractivity contribution in [2.24, 2.45) is 5.73 Å². The first-order valence-corrected chi connectivity index (χ1v) is 7.90. The van der Waals surface area contributed by atoms with Gasteiger partial charge in [0.2, 0.25) is 5.91 Å². The summed E-state index contributed by atoms with van der Waals surface area (Å²) in [5.74, 6) is -0.568. The number of carbonyl (C=O) groups is 1. The second-order valence-electron chi connectivity index (χ2n) is 5.90. The predicted molar refractivity (Wildman–Crippen MR) is 83.2 cm³/mol. The third-order valence-electron chi connectivity index (χ3n) is 4.08. The number of aromatic nitrogens is 4. The van der Waals surface area contributed by atoms with Crippen molar-refractivity contribution in [2.45, 2.75) is 31.3 Å². The Labute approximate surface area is 150 Å². The smallest absolute Gasteiger partial charge is 0.392 e. The van der Waals surface area contributed by atoms with Crippen LogP contribution < -0.4 is 5.73 Å². The molecule has 8 nitrogen and oxygen atoms in total. The van der Waals surface area contributed by atoms with Crippen molar-refractivity contribution in [1.29, 1.82) is 0 Å². The van der Waals surface area contributed by atoms with Crippen LogP contribution in [0.25, 0.3) is 5.69 Å². The number of hydrogen-bond acceptors (Lipinski definition) is 6. The van der Waals surface area contributed by atoms with Crippen LogP contribution in [-0.2, 0) is 17.5 Å². The van der Waals surface area contributed by atoms with Gasteiger partial charge in [0.25, 0.3) is 0 Å². The van der Waals surface area contributed by atoms with E-state index in [1.807, 2.05) is 0 Å². The SMILES string of the molecule is NC(=O)[C@@H]1C[C@H](O)CN1Cc1nnnn1-c1ccc(Cl)cc1C(F)(F)F. The van der Waals surface area contributed by atoms with Crippen LogP contribution >= 0.6 is 11.6 Å². The molecular weight excluding hydrogens is 377 g/mol. The van der Waals surface area contributed by atoms with Crippen molar-refractivity contribution in [3.05, 3.63) is 34.6 Å². The minimum atomic E-state index is -4.66. The Kier molecular flexibility index (Phi) is 4.86. The summed E-state index contributed by atoms with van der Waals surface area (Å²) in [5, 5.41) is 20.5. The number of likely N-dealkylation sites (tertiary alicyclic amines) is 1. The molecule has 3 rings (SSSR count). The van der Waals surface area contributed by atoms with Gasteiger partial charge < -0.3 is 10.8 Å². The zero-order chi connectivity index (χ0) is 19.1. The van der Waals surface area contributed by atoms with Crippen LogP contribution in [0, 0.1) is 0 Å². The van der Waals surface area contributed by atoms with Crippen molar-refractivity contribution in [1.82, 2.24) is 25.1 Å². The Morgan fingerprint density at radius 3 is 2.81 bits per heavy atom. The molecule has 0 saturated carbocycles. The number of carbonyl (C=O) groups excluding carboxylic acids is 1.